The molecular formula is C16H19BrFNO. The van der Waals surface area contributed by atoms with Crippen LogP contribution in [0, 0.1) is 6.92 Å². The smallest absolute Gasteiger partial charge is 0.254 e. The SMILES string of the molecule is C=C(C)C1(F)CCN(C(=O)c2ccc(Br)cc2C)CC1. The third kappa shape index (κ3) is 2.95. The van der Waals surface area contributed by atoms with Gasteiger partial charge in [0.15, 0.2) is 0 Å². The first kappa shape index (κ1) is 15.2. The fourth-order valence-electron chi connectivity index (χ4n) is 2.53. The van der Waals surface area contributed by atoms with E-state index < -0.39 is 5.67 Å². The molecule has 2 nitrogen and oxygen atoms in total. The van der Waals surface area contributed by atoms with Gasteiger partial charge in [-0.3, -0.25) is 4.79 Å². The van der Waals surface area contributed by atoms with Crippen LogP contribution in [0.2, 0.25) is 0 Å². The lowest BCUT2D eigenvalue weighted by Crippen LogP contribution is -2.45. The third-order valence-corrected chi connectivity index (χ3v) is 4.52. The van der Waals surface area contributed by atoms with Gasteiger partial charge in [0.25, 0.3) is 5.91 Å². The molecule has 1 aliphatic heterocycles. The molecule has 20 heavy (non-hydrogen) atoms. The Morgan fingerprint density at radius 1 is 1.40 bits per heavy atom. The van der Waals surface area contributed by atoms with Crippen molar-refractivity contribution in [2.24, 2.45) is 0 Å². The van der Waals surface area contributed by atoms with E-state index in [-0.39, 0.29) is 5.91 Å². The van der Waals surface area contributed by atoms with Crippen LogP contribution in [-0.4, -0.2) is 29.6 Å². The molecule has 2 rings (SSSR count). The number of allylic oxidation sites excluding steroid dienone is 1. The number of carbonyl (C=O) groups excluding carboxylic acids is 1. The van der Waals surface area contributed by atoms with Crippen LogP contribution in [0.5, 0.6) is 0 Å². The lowest BCUT2D eigenvalue weighted by atomic mass is 9.87. The van der Waals surface area contributed by atoms with E-state index in [0.717, 1.165) is 10.0 Å². The second-order valence-corrected chi connectivity index (χ2v) is 6.41. The number of hydrogen-bond acceptors (Lipinski definition) is 1. The van der Waals surface area contributed by atoms with Crippen LogP contribution in [0.1, 0.15) is 35.7 Å². The molecule has 0 N–H and O–H groups in total. The van der Waals surface area contributed by atoms with Crippen molar-refractivity contribution < 1.29 is 9.18 Å². The second-order valence-electron chi connectivity index (χ2n) is 5.50. The Hall–Kier alpha value is -1.16. The van der Waals surface area contributed by atoms with Gasteiger partial charge < -0.3 is 4.90 Å². The van der Waals surface area contributed by atoms with E-state index in [1.807, 2.05) is 25.1 Å². The number of benzene rings is 1. The highest BCUT2D eigenvalue weighted by molar-refractivity contribution is 9.10. The molecule has 0 spiro atoms. The van der Waals surface area contributed by atoms with Crippen LogP contribution < -0.4 is 0 Å². The molecule has 0 bridgehead atoms. The minimum Gasteiger partial charge on any atom is -0.338 e. The first-order valence-corrected chi connectivity index (χ1v) is 7.53. The molecule has 1 amide bonds. The van der Waals surface area contributed by atoms with Crippen molar-refractivity contribution >= 4 is 21.8 Å². The van der Waals surface area contributed by atoms with E-state index in [2.05, 4.69) is 22.5 Å². The number of piperidine rings is 1. The van der Waals surface area contributed by atoms with Crippen molar-refractivity contribution in [2.75, 3.05) is 13.1 Å². The van der Waals surface area contributed by atoms with Gasteiger partial charge in [-0.25, -0.2) is 4.39 Å². The highest BCUT2D eigenvalue weighted by Gasteiger charge is 2.36. The number of hydrogen-bond donors (Lipinski definition) is 0. The van der Waals surface area contributed by atoms with Gasteiger partial charge in [0.05, 0.1) is 0 Å². The molecule has 1 aromatic carbocycles. The lowest BCUT2D eigenvalue weighted by molar-refractivity contribution is 0.0549. The second kappa shape index (κ2) is 5.68. The van der Waals surface area contributed by atoms with Crippen molar-refractivity contribution in [3.8, 4) is 0 Å². The van der Waals surface area contributed by atoms with Gasteiger partial charge in [-0.05, 0) is 43.2 Å². The van der Waals surface area contributed by atoms with Crippen LogP contribution in [-0.2, 0) is 0 Å². The highest BCUT2D eigenvalue weighted by atomic mass is 79.9. The summed E-state index contributed by atoms with van der Waals surface area (Å²) in [6, 6.07) is 5.60. The maximum Gasteiger partial charge on any atom is 0.254 e. The van der Waals surface area contributed by atoms with Crippen molar-refractivity contribution in [3.63, 3.8) is 0 Å². The van der Waals surface area contributed by atoms with Gasteiger partial charge in [0, 0.05) is 36.0 Å². The van der Waals surface area contributed by atoms with E-state index in [1.165, 1.54) is 0 Å². The summed E-state index contributed by atoms with van der Waals surface area (Å²) in [5.74, 6) is -0.0150. The molecule has 0 unspecified atom stereocenters. The number of carbonyl (C=O) groups is 1. The molecule has 1 aliphatic rings. The predicted molar refractivity (Wildman–Crippen MR) is 82.7 cm³/mol. The third-order valence-electron chi connectivity index (χ3n) is 4.03. The lowest BCUT2D eigenvalue weighted by Gasteiger charge is -2.37. The quantitative estimate of drug-likeness (QED) is 0.736. The zero-order valence-corrected chi connectivity index (χ0v) is 13.5. The number of rotatable bonds is 2. The Bertz CT molecular complexity index is 547. The van der Waals surface area contributed by atoms with Gasteiger partial charge in [-0.15, -0.1) is 0 Å². The first-order chi connectivity index (χ1) is 9.33. The fraction of sp³-hybridized carbons (Fsp3) is 0.438. The number of aryl methyl sites for hydroxylation is 1. The van der Waals surface area contributed by atoms with E-state index in [1.54, 1.807) is 11.8 Å². The van der Waals surface area contributed by atoms with Crippen LogP contribution in [0.3, 0.4) is 0 Å². The molecule has 1 heterocycles. The number of likely N-dealkylation sites (tertiary alicyclic amines) is 1. The summed E-state index contributed by atoms with van der Waals surface area (Å²) in [6.45, 7) is 8.23. The predicted octanol–water partition coefficient (Wildman–Crippen LogP) is 4.28. The standard InChI is InChI=1S/C16H19BrFNO/c1-11(2)16(18)6-8-19(9-7-16)15(20)14-5-4-13(17)10-12(14)3/h4-5,10H,1,6-9H2,2-3H3. The van der Waals surface area contributed by atoms with Crippen LogP contribution in [0.4, 0.5) is 4.39 Å². The van der Waals surface area contributed by atoms with Crippen molar-refractivity contribution in [3.05, 3.63) is 46.0 Å². The number of amides is 1. The topological polar surface area (TPSA) is 20.3 Å². The van der Waals surface area contributed by atoms with Crippen LogP contribution in [0.15, 0.2) is 34.8 Å². The van der Waals surface area contributed by atoms with Crippen molar-refractivity contribution in [2.45, 2.75) is 32.4 Å². The molecule has 0 saturated carbocycles. The van der Waals surface area contributed by atoms with Gasteiger partial charge in [0.2, 0.25) is 0 Å². The number of nitrogens with zero attached hydrogens (tertiary/aromatic N) is 1. The fourth-order valence-corrected chi connectivity index (χ4v) is 3.00. The normalized spacial score (nSPS) is 17.9. The largest absolute Gasteiger partial charge is 0.338 e. The van der Waals surface area contributed by atoms with Gasteiger partial charge in [-0.2, -0.15) is 0 Å². The zero-order valence-electron chi connectivity index (χ0n) is 11.9. The van der Waals surface area contributed by atoms with E-state index in [4.69, 9.17) is 0 Å². The van der Waals surface area contributed by atoms with Crippen molar-refractivity contribution in [1.82, 2.24) is 4.90 Å². The van der Waals surface area contributed by atoms with E-state index >= 15 is 0 Å². The molecular weight excluding hydrogens is 321 g/mol. The molecule has 0 aliphatic carbocycles. The Morgan fingerprint density at radius 3 is 2.50 bits per heavy atom. The first-order valence-electron chi connectivity index (χ1n) is 6.74. The molecule has 0 radical (unpaired) electrons. The monoisotopic (exact) mass is 339 g/mol. The number of alkyl halides is 1. The minimum atomic E-state index is -1.31. The molecule has 4 heteroatoms. The average Bonchev–Trinajstić information content (AvgIpc) is 2.38. The van der Waals surface area contributed by atoms with Gasteiger partial charge in [-0.1, -0.05) is 22.5 Å². The summed E-state index contributed by atoms with van der Waals surface area (Å²) in [5, 5.41) is 0. The Morgan fingerprint density at radius 2 is 2.00 bits per heavy atom. The Kier molecular flexibility index (Phi) is 4.33. The van der Waals surface area contributed by atoms with Crippen LogP contribution in [0.25, 0.3) is 0 Å². The molecule has 1 fully saturated rings. The summed E-state index contributed by atoms with van der Waals surface area (Å²) in [7, 11) is 0. The summed E-state index contributed by atoms with van der Waals surface area (Å²) in [4.78, 5) is 14.2. The molecule has 108 valence electrons. The molecule has 0 aromatic heterocycles. The zero-order chi connectivity index (χ0) is 14.9. The maximum absolute atomic E-state index is 14.4. The average molecular weight is 340 g/mol. The van der Waals surface area contributed by atoms with Crippen molar-refractivity contribution in [1.29, 1.82) is 0 Å². The summed E-state index contributed by atoms with van der Waals surface area (Å²) < 4.78 is 15.4. The Labute approximate surface area is 127 Å². The van der Waals surface area contributed by atoms with E-state index in [9.17, 15) is 9.18 Å². The maximum atomic E-state index is 14.4. The van der Waals surface area contributed by atoms with Crippen LogP contribution >= 0.6 is 15.9 Å². The van der Waals surface area contributed by atoms with E-state index in [0.29, 0.717) is 37.1 Å². The Balaban J connectivity index is 2.11. The molecule has 1 aromatic rings. The minimum absolute atomic E-state index is 0.0150. The van der Waals surface area contributed by atoms with Gasteiger partial charge >= 0.3 is 0 Å². The number of halogens is 2. The highest BCUT2D eigenvalue weighted by Crippen LogP contribution is 2.33. The summed E-state index contributed by atoms with van der Waals surface area (Å²) >= 11 is 3.39. The molecule has 0 atom stereocenters. The molecule has 1 saturated heterocycles. The summed E-state index contributed by atoms with van der Waals surface area (Å²) in [6.07, 6.45) is 0.674. The van der Waals surface area contributed by atoms with Gasteiger partial charge in [0.1, 0.15) is 5.67 Å². The summed E-state index contributed by atoms with van der Waals surface area (Å²) in [5.41, 5.74) is 0.867.